The molecular weight excluding hydrogens is 305 g/mol. The first-order valence-corrected chi connectivity index (χ1v) is 7.84. The van der Waals surface area contributed by atoms with Gasteiger partial charge in [0.05, 0.1) is 5.69 Å². The first-order chi connectivity index (χ1) is 8.84. The molecule has 3 unspecified atom stereocenters. The van der Waals surface area contributed by atoms with E-state index >= 15 is 0 Å². The van der Waals surface area contributed by atoms with Gasteiger partial charge in [-0.1, -0.05) is 26.8 Å². The van der Waals surface area contributed by atoms with Gasteiger partial charge in [0, 0.05) is 10.5 Å². The number of fused-ring (bicyclic) bond motifs is 2. The molecule has 3 heteroatoms. The Bertz CT molecular complexity index is 488. The SMILES string of the molecule is CC12CCC(C1)C(C)(C)C2Nc1c(F)cccc1Br. The largest absolute Gasteiger partial charge is 0.378 e. The molecule has 1 aromatic carbocycles. The van der Waals surface area contributed by atoms with Crippen LogP contribution in [0.2, 0.25) is 0 Å². The summed E-state index contributed by atoms with van der Waals surface area (Å²) in [4.78, 5) is 0. The molecule has 3 atom stereocenters. The van der Waals surface area contributed by atoms with Crippen LogP contribution >= 0.6 is 15.9 Å². The fraction of sp³-hybridized carbons (Fsp3) is 0.625. The number of rotatable bonds is 2. The molecule has 2 bridgehead atoms. The summed E-state index contributed by atoms with van der Waals surface area (Å²) in [6.45, 7) is 7.01. The molecule has 0 aliphatic heterocycles. The number of benzene rings is 1. The van der Waals surface area contributed by atoms with Crippen LogP contribution < -0.4 is 5.32 Å². The van der Waals surface area contributed by atoms with Crippen LogP contribution in [0, 0.1) is 22.6 Å². The maximum absolute atomic E-state index is 14.0. The Balaban J connectivity index is 1.95. The monoisotopic (exact) mass is 325 g/mol. The normalized spacial score (nSPS) is 35.6. The number of hydrogen-bond acceptors (Lipinski definition) is 1. The third kappa shape index (κ3) is 1.93. The van der Waals surface area contributed by atoms with E-state index in [0.717, 1.165) is 10.4 Å². The highest BCUT2D eigenvalue weighted by Gasteiger charge is 2.59. The third-order valence-electron chi connectivity index (χ3n) is 5.52. The zero-order valence-electron chi connectivity index (χ0n) is 11.8. The lowest BCUT2D eigenvalue weighted by Crippen LogP contribution is -2.46. The van der Waals surface area contributed by atoms with Gasteiger partial charge in [0.25, 0.3) is 0 Å². The summed E-state index contributed by atoms with van der Waals surface area (Å²) in [6.07, 6.45) is 3.84. The summed E-state index contributed by atoms with van der Waals surface area (Å²) in [5.41, 5.74) is 1.15. The first-order valence-electron chi connectivity index (χ1n) is 7.05. The minimum atomic E-state index is -0.170. The number of hydrogen-bond donors (Lipinski definition) is 1. The van der Waals surface area contributed by atoms with Gasteiger partial charge in [0.2, 0.25) is 0 Å². The molecule has 0 radical (unpaired) electrons. The molecule has 0 saturated heterocycles. The van der Waals surface area contributed by atoms with Crippen LogP contribution in [0.1, 0.15) is 40.0 Å². The molecule has 3 rings (SSSR count). The van der Waals surface area contributed by atoms with E-state index in [9.17, 15) is 4.39 Å². The van der Waals surface area contributed by atoms with E-state index in [1.165, 1.54) is 25.3 Å². The lowest BCUT2D eigenvalue weighted by Gasteiger charge is -2.43. The summed E-state index contributed by atoms with van der Waals surface area (Å²) in [5, 5.41) is 3.52. The quantitative estimate of drug-likeness (QED) is 0.786. The van der Waals surface area contributed by atoms with Crippen LogP contribution in [-0.4, -0.2) is 6.04 Å². The predicted octanol–water partition coefficient (Wildman–Crippen LogP) is 5.21. The summed E-state index contributed by atoms with van der Waals surface area (Å²) in [6, 6.07) is 5.49. The molecular formula is C16H21BrFN. The smallest absolute Gasteiger partial charge is 0.147 e. The fourth-order valence-corrected chi connectivity index (χ4v) is 4.90. The Morgan fingerprint density at radius 2 is 2.05 bits per heavy atom. The molecule has 19 heavy (non-hydrogen) atoms. The second kappa shape index (κ2) is 4.21. The maximum atomic E-state index is 14.0. The van der Waals surface area contributed by atoms with E-state index in [1.807, 2.05) is 6.07 Å². The molecule has 0 spiro atoms. The van der Waals surface area contributed by atoms with Crippen LogP contribution in [0.4, 0.5) is 10.1 Å². The van der Waals surface area contributed by atoms with Gasteiger partial charge in [-0.05, 0) is 64.1 Å². The lowest BCUT2D eigenvalue weighted by atomic mass is 9.68. The van der Waals surface area contributed by atoms with Crippen molar-refractivity contribution in [3.63, 3.8) is 0 Å². The fourth-order valence-electron chi connectivity index (χ4n) is 4.44. The highest BCUT2D eigenvalue weighted by Crippen LogP contribution is 2.63. The summed E-state index contributed by atoms with van der Waals surface area (Å²) in [5.74, 6) is 0.595. The van der Waals surface area contributed by atoms with Gasteiger partial charge in [-0.25, -0.2) is 4.39 Å². The number of para-hydroxylation sites is 1. The molecule has 2 saturated carbocycles. The molecule has 0 heterocycles. The van der Waals surface area contributed by atoms with Crippen LogP contribution in [0.25, 0.3) is 0 Å². The van der Waals surface area contributed by atoms with Crippen molar-refractivity contribution in [2.75, 3.05) is 5.32 Å². The van der Waals surface area contributed by atoms with Gasteiger partial charge < -0.3 is 5.32 Å². The minimum absolute atomic E-state index is 0.170. The number of halogens is 2. The highest BCUT2D eigenvalue weighted by molar-refractivity contribution is 9.10. The summed E-state index contributed by atoms with van der Waals surface area (Å²) >= 11 is 3.46. The van der Waals surface area contributed by atoms with Gasteiger partial charge in [0.1, 0.15) is 5.82 Å². The van der Waals surface area contributed by atoms with Crippen LogP contribution in [-0.2, 0) is 0 Å². The Hall–Kier alpha value is -0.570. The average molecular weight is 326 g/mol. The molecule has 104 valence electrons. The topological polar surface area (TPSA) is 12.0 Å². The van der Waals surface area contributed by atoms with Crippen molar-refractivity contribution >= 4 is 21.6 Å². The maximum Gasteiger partial charge on any atom is 0.147 e. The Labute approximate surface area is 123 Å². The highest BCUT2D eigenvalue weighted by atomic mass is 79.9. The van der Waals surface area contributed by atoms with Crippen molar-refractivity contribution in [2.24, 2.45) is 16.7 Å². The Morgan fingerprint density at radius 1 is 1.32 bits per heavy atom. The van der Waals surface area contributed by atoms with Crippen LogP contribution in [0.5, 0.6) is 0 Å². The van der Waals surface area contributed by atoms with E-state index in [-0.39, 0.29) is 11.2 Å². The third-order valence-corrected chi connectivity index (χ3v) is 6.18. The van der Waals surface area contributed by atoms with Crippen molar-refractivity contribution in [1.29, 1.82) is 0 Å². The van der Waals surface area contributed by atoms with E-state index < -0.39 is 0 Å². The second-order valence-electron chi connectivity index (χ2n) is 7.09. The predicted molar refractivity (Wildman–Crippen MR) is 80.7 cm³/mol. The number of anilines is 1. The van der Waals surface area contributed by atoms with E-state index in [2.05, 4.69) is 42.0 Å². The van der Waals surface area contributed by atoms with Crippen molar-refractivity contribution in [1.82, 2.24) is 0 Å². The van der Waals surface area contributed by atoms with Crippen LogP contribution in [0.15, 0.2) is 22.7 Å². The van der Waals surface area contributed by atoms with Crippen molar-refractivity contribution in [3.05, 3.63) is 28.5 Å². The van der Waals surface area contributed by atoms with Crippen molar-refractivity contribution < 1.29 is 4.39 Å². The lowest BCUT2D eigenvalue weighted by molar-refractivity contribution is 0.155. The van der Waals surface area contributed by atoms with E-state index in [0.29, 0.717) is 17.1 Å². The first kappa shape index (κ1) is 13.4. The average Bonchev–Trinajstić information content (AvgIpc) is 2.78. The molecule has 1 nitrogen and oxygen atoms in total. The summed E-state index contributed by atoms with van der Waals surface area (Å²) < 4.78 is 14.8. The molecule has 2 fully saturated rings. The Kier molecular flexibility index (Phi) is 2.97. The Morgan fingerprint density at radius 3 is 2.63 bits per heavy atom. The molecule has 0 amide bonds. The van der Waals surface area contributed by atoms with Gasteiger partial charge in [-0.2, -0.15) is 0 Å². The van der Waals surface area contributed by atoms with E-state index in [4.69, 9.17) is 0 Å². The van der Waals surface area contributed by atoms with Crippen molar-refractivity contribution in [3.8, 4) is 0 Å². The minimum Gasteiger partial charge on any atom is -0.378 e. The zero-order chi connectivity index (χ0) is 13.8. The van der Waals surface area contributed by atoms with Gasteiger partial charge in [0.15, 0.2) is 0 Å². The van der Waals surface area contributed by atoms with E-state index in [1.54, 1.807) is 6.07 Å². The molecule has 2 aliphatic carbocycles. The molecule has 0 aromatic heterocycles. The molecule has 1 aromatic rings. The van der Waals surface area contributed by atoms with Gasteiger partial charge >= 0.3 is 0 Å². The van der Waals surface area contributed by atoms with Gasteiger partial charge in [-0.15, -0.1) is 0 Å². The molecule has 1 N–H and O–H groups in total. The van der Waals surface area contributed by atoms with Gasteiger partial charge in [-0.3, -0.25) is 0 Å². The zero-order valence-corrected chi connectivity index (χ0v) is 13.3. The van der Waals surface area contributed by atoms with Crippen LogP contribution in [0.3, 0.4) is 0 Å². The second-order valence-corrected chi connectivity index (χ2v) is 7.94. The summed E-state index contributed by atoms with van der Waals surface area (Å²) in [7, 11) is 0. The standard InChI is InChI=1S/C16H21BrFN/c1-15(2)10-7-8-16(3,9-10)14(15)19-13-11(17)5-4-6-12(13)18/h4-6,10,14,19H,7-9H2,1-3H3. The van der Waals surface area contributed by atoms with Crippen molar-refractivity contribution in [2.45, 2.75) is 46.1 Å². The number of nitrogens with one attached hydrogen (secondary N) is 1. The molecule has 2 aliphatic rings.